The lowest BCUT2D eigenvalue weighted by Crippen LogP contribution is -2.37. The number of likely N-dealkylation sites (tertiary alicyclic amines) is 1. The molecular weight excluding hydrogens is 621 g/mol. The van der Waals surface area contributed by atoms with Gasteiger partial charge in [0.05, 0.1) is 45.1 Å². The van der Waals surface area contributed by atoms with Crippen LogP contribution in [0.2, 0.25) is 10.0 Å². The Morgan fingerprint density at radius 3 is 2.47 bits per heavy atom. The van der Waals surface area contributed by atoms with Crippen molar-refractivity contribution in [3.8, 4) is 6.07 Å². The van der Waals surface area contributed by atoms with Crippen LogP contribution in [0.1, 0.15) is 48.7 Å². The number of piperidine rings is 1. The van der Waals surface area contributed by atoms with Gasteiger partial charge in [0.1, 0.15) is 23.4 Å². The third-order valence-electron chi connectivity index (χ3n) is 7.86. The van der Waals surface area contributed by atoms with E-state index in [0.29, 0.717) is 51.8 Å². The molecule has 5 aromatic rings. The molecule has 2 aromatic heterocycles. The van der Waals surface area contributed by atoms with Crippen molar-refractivity contribution in [3.63, 3.8) is 0 Å². The van der Waals surface area contributed by atoms with Crippen LogP contribution in [0.25, 0.3) is 10.9 Å². The van der Waals surface area contributed by atoms with Gasteiger partial charge in [-0.05, 0) is 60.9 Å². The van der Waals surface area contributed by atoms with Crippen LogP contribution in [0.15, 0.2) is 67.0 Å². The average Bonchev–Trinajstić information content (AvgIpc) is 3.53. The van der Waals surface area contributed by atoms with Crippen molar-refractivity contribution in [3.05, 3.63) is 105 Å². The van der Waals surface area contributed by atoms with Gasteiger partial charge in [0, 0.05) is 43.0 Å². The van der Waals surface area contributed by atoms with E-state index >= 15 is 0 Å². The number of nitriles is 1. The van der Waals surface area contributed by atoms with E-state index in [9.17, 15) is 18.8 Å². The molecule has 1 aliphatic rings. The number of hydrogen-bond donors (Lipinski definition) is 2. The Balaban J connectivity index is 1.37. The summed E-state index contributed by atoms with van der Waals surface area (Å²) in [6.07, 6.45) is 4.77. The zero-order valence-corrected chi connectivity index (χ0v) is 25.4. The zero-order valence-electron chi connectivity index (χ0n) is 23.9. The molecule has 0 aliphatic carbocycles. The standard InChI is InChI=1S/C32H26Cl2F2N8O/c1-18(45)43-10-8-24(9-11-43)44-17-29(41-42-44)31(19-2-4-21(35)5-3-19)40-23-12-25-30(39-22-6-7-28(36)26(33)13-22)20(15-37)16-38-32(25)27(34)14-23/h2-7,12-14,16-17,24,31,40H,8-11H2,1H3,(H,38,39). The molecule has 1 saturated heterocycles. The molecule has 0 radical (unpaired) electrons. The molecule has 1 amide bonds. The maximum Gasteiger partial charge on any atom is 0.219 e. The van der Waals surface area contributed by atoms with Crippen LogP contribution in [0.3, 0.4) is 0 Å². The van der Waals surface area contributed by atoms with Crippen molar-refractivity contribution >= 4 is 57.1 Å². The molecule has 6 rings (SSSR count). The topological polar surface area (TPSA) is 112 Å². The van der Waals surface area contributed by atoms with Gasteiger partial charge in [0.15, 0.2) is 0 Å². The predicted molar refractivity (Wildman–Crippen MR) is 169 cm³/mol. The minimum absolute atomic E-state index is 0.0549. The summed E-state index contributed by atoms with van der Waals surface area (Å²) >= 11 is 12.7. The van der Waals surface area contributed by atoms with Gasteiger partial charge < -0.3 is 15.5 Å². The molecule has 0 bridgehead atoms. The number of anilines is 3. The number of benzene rings is 3. The first kappa shape index (κ1) is 30.2. The third-order valence-corrected chi connectivity index (χ3v) is 8.43. The van der Waals surface area contributed by atoms with Crippen molar-refractivity contribution in [1.82, 2.24) is 24.9 Å². The van der Waals surface area contributed by atoms with Crippen LogP contribution in [-0.2, 0) is 4.79 Å². The Hall–Kier alpha value is -4.79. The van der Waals surface area contributed by atoms with Crippen molar-refractivity contribution < 1.29 is 13.6 Å². The number of amides is 1. The van der Waals surface area contributed by atoms with Gasteiger partial charge in [0.2, 0.25) is 5.91 Å². The highest BCUT2D eigenvalue weighted by atomic mass is 35.5. The molecule has 3 heterocycles. The first-order chi connectivity index (χ1) is 21.7. The minimum Gasteiger partial charge on any atom is -0.373 e. The average molecular weight is 648 g/mol. The van der Waals surface area contributed by atoms with Gasteiger partial charge in [-0.2, -0.15) is 5.26 Å². The van der Waals surface area contributed by atoms with E-state index in [1.807, 2.05) is 15.8 Å². The first-order valence-electron chi connectivity index (χ1n) is 14.1. The van der Waals surface area contributed by atoms with Crippen LogP contribution in [0, 0.1) is 23.0 Å². The second-order valence-electron chi connectivity index (χ2n) is 10.8. The van der Waals surface area contributed by atoms with E-state index in [0.717, 1.165) is 18.4 Å². The summed E-state index contributed by atoms with van der Waals surface area (Å²) in [7, 11) is 0. The maximum atomic E-state index is 13.9. The lowest BCUT2D eigenvalue weighted by Gasteiger charge is -2.31. The van der Waals surface area contributed by atoms with Gasteiger partial charge in [-0.15, -0.1) is 5.10 Å². The van der Waals surface area contributed by atoms with Gasteiger partial charge in [-0.3, -0.25) is 9.78 Å². The third kappa shape index (κ3) is 6.38. The number of fused-ring (bicyclic) bond motifs is 1. The number of hydrogen-bond acceptors (Lipinski definition) is 7. The van der Waals surface area contributed by atoms with E-state index in [4.69, 9.17) is 23.2 Å². The van der Waals surface area contributed by atoms with E-state index in [1.165, 1.54) is 36.5 Å². The van der Waals surface area contributed by atoms with Crippen LogP contribution >= 0.6 is 23.2 Å². The maximum absolute atomic E-state index is 13.9. The van der Waals surface area contributed by atoms with Crippen molar-refractivity contribution in [2.24, 2.45) is 0 Å². The molecule has 9 nitrogen and oxygen atoms in total. The van der Waals surface area contributed by atoms with E-state index < -0.39 is 11.9 Å². The lowest BCUT2D eigenvalue weighted by atomic mass is 10.0. The van der Waals surface area contributed by atoms with Gasteiger partial charge in [-0.1, -0.05) is 40.5 Å². The normalized spacial score (nSPS) is 14.3. The molecular formula is C32H26Cl2F2N8O. The number of nitrogens with one attached hydrogen (secondary N) is 2. The molecule has 2 N–H and O–H groups in total. The Bertz CT molecular complexity index is 1930. The number of carbonyl (C=O) groups excluding carboxylic acids is 1. The summed E-state index contributed by atoms with van der Waals surface area (Å²) in [4.78, 5) is 18.0. The zero-order chi connectivity index (χ0) is 31.7. The Labute approximate surface area is 267 Å². The molecule has 13 heteroatoms. The number of aromatic nitrogens is 4. The number of rotatable bonds is 7. The summed E-state index contributed by atoms with van der Waals surface area (Å²) in [6.45, 7) is 2.85. The monoisotopic (exact) mass is 646 g/mol. The van der Waals surface area contributed by atoms with Crippen molar-refractivity contribution in [1.29, 1.82) is 5.26 Å². The Morgan fingerprint density at radius 2 is 1.78 bits per heavy atom. The predicted octanol–water partition coefficient (Wildman–Crippen LogP) is 7.41. The molecule has 228 valence electrons. The summed E-state index contributed by atoms with van der Waals surface area (Å²) < 4.78 is 29.6. The number of carbonyl (C=O) groups is 1. The highest BCUT2D eigenvalue weighted by molar-refractivity contribution is 6.36. The highest BCUT2D eigenvalue weighted by Crippen LogP contribution is 2.37. The molecule has 1 unspecified atom stereocenters. The molecule has 0 spiro atoms. The first-order valence-corrected chi connectivity index (χ1v) is 14.9. The second-order valence-corrected chi connectivity index (χ2v) is 11.6. The van der Waals surface area contributed by atoms with Crippen LogP contribution in [-0.4, -0.2) is 43.9 Å². The smallest absolute Gasteiger partial charge is 0.219 e. The van der Waals surface area contributed by atoms with E-state index in [1.54, 1.807) is 31.2 Å². The fourth-order valence-corrected chi connectivity index (χ4v) is 5.93. The summed E-state index contributed by atoms with van der Waals surface area (Å²) in [5.41, 5.74) is 3.46. The summed E-state index contributed by atoms with van der Waals surface area (Å²) in [5.74, 6) is -0.889. The SMILES string of the molecule is CC(=O)N1CCC(n2cc(C(Nc3cc(Cl)c4ncc(C#N)c(Nc5ccc(F)c(Cl)c5)c4c3)c3ccc(F)cc3)nn2)CC1. The molecule has 1 aliphatic heterocycles. The lowest BCUT2D eigenvalue weighted by molar-refractivity contribution is -0.130. The van der Waals surface area contributed by atoms with Gasteiger partial charge in [-0.25, -0.2) is 13.5 Å². The van der Waals surface area contributed by atoms with Gasteiger partial charge >= 0.3 is 0 Å². The molecule has 1 fully saturated rings. The molecule has 45 heavy (non-hydrogen) atoms. The summed E-state index contributed by atoms with van der Waals surface area (Å²) in [5, 5.41) is 26.2. The molecule has 1 atom stereocenters. The number of nitrogens with zero attached hydrogens (tertiary/aromatic N) is 6. The molecule has 0 saturated carbocycles. The minimum atomic E-state index is -0.567. The van der Waals surface area contributed by atoms with E-state index in [-0.39, 0.29) is 28.4 Å². The Morgan fingerprint density at radius 1 is 1.04 bits per heavy atom. The fourth-order valence-electron chi connectivity index (χ4n) is 5.48. The van der Waals surface area contributed by atoms with Crippen LogP contribution in [0.5, 0.6) is 0 Å². The van der Waals surface area contributed by atoms with Crippen LogP contribution in [0.4, 0.5) is 25.8 Å². The number of halogens is 4. The van der Waals surface area contributed by atoms with Crippen molar-refractivity contribution in [2.75, 3.05) is 23.7 Å². The quantitative estimate of drug-likeness (QED) is 0.189. The largest absolute Gasteiger partial charge is 0.373 e. The van der Waals surface area contributed by atoms with Gasteiger partial charge in [0.25, 0.3) is 0 Å². The summed E-state index contributed by atoms with van der Waals surface area (Å²) in [6, 6.07) is 15.4. The highest BCUT2D eigenvalue weighted by Gasteiger charge is 2.25. The second kappa shape index (κ2) is 12.7. The van der Waals surface area contributed by atoms with E-state index in [2.05, 4.69) is 32.0 Å². The Kier molecular flexibility index (Phi) is 8.52. The molecule has 3 aromatic carbocycles. The van der Waals surface area contributed by atoms with Crippen molar-refractivity contribution in [2.45, 2.75) is 31.8 Å². The fraction of sp³-hybridized carbons (Fsp3) is 0.219. The number of pyridine rings is 1. The van der Waals surface area contributed by atoms with Crippen LogP contribution < -0.4 is 10.6 Å².